The molecular weight excluding hydrogens is 222 g/mol. The molecule has 0 bridgehead atoms. The van der Waals surface area contributed by atoms with Crippen LogP contribution in [0.4, 0.5) is 5.69 Å². The molecule has 0 fully saturated rings. The lowest BCUT2D eigenvalue weighted by atomic mass is 10.1. The molecule has 0 saturated heterocycles. The van der Waals surface area contributed by atoms with Gasteiger partial charge < -0.3 is 5.32 Å². The van der Waals surface area contributed by atoms with E-state index in [2.05, 4.69) is 5.32 Å². The maximum Gasteiger partial charge on any atom is 0.248 e. The van der Waals surface area contributed by atoms with Crippen LogP contribution in [0.3, 0.4) is 0 Å². The van der Waals surface area contributed by atoms with E-state index < -0.39 is 0 Å². The lowest BCUT2D eigenvalue weighted by molar-refractivity contribution is -0.111. The number of amides is 1. The van der Waals surface area contributed by atoms with E-state index in [1.54, 1.807) is 6.08 Å². The van der Waals surface area contributed by atoms with Crippen molar-refractivity contribution < 1.29 is 4.79 Å². The van der Waals surface area contributed by atoms with Crippen molar-refractivity contribution in [1.29, 1.82) is 0 Å². The standard InChI is InChI=1S/C16H15NO/c1-13-7-9-14(10-8-13)11-12-16(18)17-15-5-3-2-4-6-15/h2-12H,1H3,(H,17,18)/b12-11+. The van der Waals surface area contributed by atoms with Gasteiger partial charge in [0.15, 0.2) is 0 Å². The Morgan fingerprint density at radius 2 is 1.67 bits per heavy atom. The van der Waals surface area contributed by atoms with E-state index in [1.165, 1.54) is 11.6 Å². The monoisotopic (exact) mass is 237 g/mol. The van der Waals surface area contributed by atoms with Crippen molar-refractivity contribution >= 4 is 17.7 Å². The van der Waals surface area contributed by atoms with Crippen LogP contribution in [0.15, 0.2) is 60.7 Å². The second-order valence-electron chi connectivity index (χ2n) is 4.10. The Bertz CT molecular complexity index is 541. The van der Waals surface area contributed by atoms with Crippen LogP contribution in [0.25, 0.3) is 6.08 Å². The molecule has 2 rings (SSSR count). The van der Waals surface area contributed by atoms with Crippen molar-refractivity contribution in [3.63, 3.8) is 0 Å². The molecule has 0 radical (unpaired) electrons. The lowest BCUT2D eigenvalue weighted by Gasteiger charge is -2.00. The molecule has 2 aromatic rings. The zero-order valence-corrected chi connectivity index (χ0v) is 10.3. The molecule has 1 N–H and O–H groups in total. The fourth-order valence-electron chi connectivity index (χ4n) is 1.55. The first kappa shape index (κ1) is 12.1. The van der Waals surface area contributed by atoms with Gasteiger partial charge in [0.2, 0.25) is 5.91 Å². The second-order valence-corrected chi connectivity index (χ2v) is 4.10. The number of hydrogen-bond donors (Lipinski definition) is 1. The van der Waals surface area contributed by atoms with Crippen molar-refractivity contribution in [3.8, 4) is 0 Å². The minimum atomic E-state index is -0.123. The summed E-state index contributed by atoms with van der Waals surface area (Å²) < 4.78 is 0. The number of para-hydroxylation sites is 1. The van der Waals surface area contributed by atoms with Crippen LogP contribution in [0.1, 0.15) is 11.1 Å². The minimum absolute atomic E-state index is 0.123. The molecule has 90 valence electrons. The largest absolute Gasteiger partial charge is 0.323 e. The number of hydrogen-bond acceptors (Lipinski definition) is 1. The molecule has 18 heavy (non-hydrogen) atoms. The average molecular weight is 237 g/mol. The molecule has 0 atom stereocenters. The first-order valence-corrected chi connectivity index (χ1v) is 5.85. The zero-order valence-electron chi connectivity index (χ0n) is 10.3. The highest BCUT2D eigenvalue weighted by atomic mass is 16.1. The van der Waals surface area contributed by atoms with E-state index in [-0.39, 0.29) is 5.91 Å². The molecule has 0 aliphatic carbocycles. The minimum Gasteiger partial charge on any atom is -0.323 e. The molecule has 0 unspecified atom stereocenters. The number of anilines is 1. The maximum absolute atomic E-state index is 11.7. The Kier molecular flexibility index (Phi) is 3.92. The number of carbonyl (C=O) groups excluding carboxylic acids is 1. The smallest absolute Gasteiger partial charge is 0.248 e. The summed E-state index contributed by atoms with van der Waals surface area (Å²) in [5.74, 6) is -0.123. The fourth-order valence-corrected chi connectivity index (χ4v) is 1.55. The fraction of sp³-hybridized carbons (Fsp3) is 0.0625. The Morgan fingerprint density at radius 3 is 2.33 bits per heavy atom. The summed E-state index contributed by atoms with van der Waals surface area (Å²) in [6, 6.07) is 17.4. The van der Waals surface area contributed by atoms with Crippen LogP contribution in [-0.2, 0) is 4.79 Å². The number of carbonyl (C=O) groups is 1. The van der Waals surface area contributed by atoms with Crippen LogP contribution in [-0.4, -0.2) is 5.91 Å². The van der Waals surface area contributed by atoms with E-state index in [4.69, 9.17) is 0 Å². The van der Waals surface area contributed by atoms with Crippen molar-refractivity contribution in [2.45, 2.75) is 6.92 Å². The van der Waals surface area contributed by atoms with Gasteiger partial charge in [-0.1, -0.05) is 48.0 Å². The van der Waals surface area contributed by atoms with Gasteiger partial charge in [0.25, 0.3) is 0 Å². The number of benzene rings is 2. The van der Waals surface area contributed by atoms with E-state index >= 15 is 0 Å². The van der Waals surface area contributed by atoms with E-state index in [0.717, 1.165) is 11.3 Å². The highest BCUT2D eigenvalue weighted by molar-refractivity contribution is 6.01. The van der Waals surface area contributed by atoms with Gasteiger partial charge in [-0.15, -0.1) is 0 Å². The van der Waals surface area contributed by atoms with Crippen LogP contribution in [0.2, 0.25) is 0 Å². The van der Waals surface area contributed by atoms with Crippen molar-refractivity contribution in [1.82, 2.24) is 0 Å². The van der Waals surface area contributed by atoms with Crippen molar-refractivity contribution in [3.05, 3.63) is 71.8 Å². The van der Waals surface area contributed by atoms with Gasteiger partial charge in [-0.25, -0.2) is 0 Å². The quantitative estimate of drug-likeness (QED) is 0.811. The van der Waals surface area contributed by atoms with Gasteiger partial charge >= 0.3 is 0 Å². The predicted molar refractivity (Wildman–Crippen MR) is 75.3 cm³/mol. The third-order valence-corrected chi connectivity index (χ3v) is 2.55. The lowest BCUT2D eigenvalue weighted by Crippen LogP contribution is -2.07. The Balaban J connectivity index is 1.97. The molecule has 0 saturated carbocycles. The first-order chi connectivity index (χ1) is 8.74. The molecule has 0 spiro atoms. The van der Waals surface area contributed by atoms with Gasteiger partial charge in [0, 0.05) is 11.8 Å². The van der Waals surface area contributed by atoms with Crippen LogP contribution in [0, 0.1) is 6.92 Å². The SMILES string of the molecule is Cc1ccc(/C=C/C(=O)Nc2ccccc2)cc1. The molecule has 0 heterocycles. The van der Waals surface area contributed by atoms with Gasteiger partial charge in [0.05, 0.1) is 0 Å². The highest BCUT2D eigenvalue weighted by Crippen LogP contribution is 2.07. The van der Waals surface area contributed by atoms with Gasteiger partial charge in [0.1, 0.15) is 0 Å². The molecular formula is C16H15NO. The topological polar surface area (TPSA) is 29.1 Å². The molecule has 0 aromatic heterocycles. The summed E-state index contributed by atoms with van der Waals surface area (Å²) in [5, 5.41) is 2.80. The summed E-state index contributed by atoms with van der Waals surface area (Å²) in [5.41, 5.74) is 3.03. The number of rotatable bonds is 3. The number of aryl methyl sites for hydroxylation is 1. The normalized spacial score (nSPS) is 10.5. The summed E-state index contributed by atoms with van der Waals surface area (Å²) in [7, 11) is 0. The summed E-state index contributed by atoms with van der Waals surface area (Å²) in [4.78, 5) is 11.7. The molecule has 2 nitrogen and oxygen atoms in total. The van der Waals surface area contributed by atoms with E-state index in [9.17, 15) is 4.79 Å². The third kappa shape index (κ3) is 3.59. The Morgan fingerprint density at radius 1 is 1.00 bits per heavy atom. The van der Waals surface area contributed by atoms with E-state index in [1.807, 2.05) is 61.5 Å². The van der Waals surface area contributed by atoms with Gasteiger partial charge in [-0.2, -0.15) is 0 Å². The molecule has 2 aromatic carbocycles. The average Bonchev–Trinajstić information content (AvgIpc) is 2.39. The Labute approximate surface area is 107 Å². The van der Waals surface area contributed by atoms with E-state index in [0.29, 0.717) is 0 Å². The third-order valence-electron chi connectivity index (χ3n) is 2.55. The van der Waals surface area contributed by atoms with Gasteiger partial charge in [-0.05, 0) is 30.7 Å². The maximum atomic E-state index is 11.7. The molecule has 0 aliphatic rings. The summed E-state index contributed by atoms with van der Waals surface area (Å²) >= 11 is 0. The number of nitrogens with one attached hydrogen (secondary N) is 1. The highest BCUT2D eigenvalue weighted by Gasteiger charge is 1.96. The second kappa shape index (κ2) is 5.82. The van der Waals surface area contributed by atoms with Crippen molar-refractivity contribution in [2.75, 3.05) is 5.32 Å². The Hall–Kier alpha value is -2.35. The molecule has 2 heteroatoms. The van der Waals surface area contributed by atoms with Crippen LogP contribution >= 0.6 is 0 Å². The zero-order chi connectivity index (χ0) is 12.8. The van der Waals surface area contributed by atoms with Gasteiger partial charge in [-0.3, -0.25) is 4.79 Å². The van der Waals surface area contributed by atoms with Crippen LogP contribution in [0.5, 0.6) is 0 Å². The molecule has 0 aliphatic heterocycles. The summed E-state index contributed by atoms with van der Waals surface area (Å²) in [6.07, 6.45) is 3.34. The predicted octanol–water partition coefficient (Wildman–Crippen LogP) is 3.65. The first-order valence-electron chi connectivity index (χ1n) is 5.85. The summed E-state index contributed by atoms with van der Waals surface area (Å²) in [6.45, 7) is 2.04. The van der Waals surface area contributed by atoms with Crippen LogP contribution < -0.4 is 5.32 Å². The van der Waals surface area contributed by atoms with Crippen molar-refractivity contribution in [2.24, 2.45) is 0 Å². The molecule has 1 amide bonds.